The van der Waals surface area contributed by atoms with Crippen LogP contribution in [0.25, 0.3) is 0 Å². The van der Waals surface area contributed by atoms with Gasteiger partial charge in [0.1, 0.15) is 12.4 Å². The van der Waals surface area contributed by atoms with Crippen molar-refractivity contribution in [1.82, 2.24) is 5.43 Å². The van der Waals surface area contributed by atoms with Gasteiger partial charge in [-0.3, -0.25) is 4.79 Å². The third-order valence-electron chi connectivity index (χ3n) is 4.34. The number of amides is 1. The molecule has 0 spiro atoms. The van der Waals surface area contributed by atoms with Crippen LogP contribution in [-0.4, -0.2) is 12.1 Å². The third kappa shape index (κ3) is 9.05. The van der Waals surface area contributed by atoms with E-state index in [1.807, 2.05) is 48.5 Å². The van der Waals surface area contributed by atoms with Gasteiger partial charge in [-0.05, 0) is 41.8 Å². The molecule has 0 radical (unpaired) electrons. The molecule has 0 saturated carbocycles. The van der Waals surface area contributed by atoms with Crippen molar-refractivity contribution in [2.24, 2.45) is 5.10 Å². The highest BCUT2D eigenvalue weighted by molar-refractivity contribution is 6.30. The van der Waals surface area contributed by atoms with E-state index in [-0.39, 0.29) is 5.91 Å². The first-order valence-corrected chi connectivity index (χ1v) is 10.3. The van der Waals surface area contributed by atoms with Crippen LogP contribution in [0.15, 0.2) is 53.6 Å². The predicted molar refractivity (Wildman–Crippen MR) is 116 cm³/mol. The molecule has 0 fully saturated rings. The number of hydrogen-bond donors (Lipinski definition) is 1. The molecule has 1 amide bonds. The van der Waals surface area contributed by atoms with Crippen LogP contribution in [0.3, 0.4) is 0 Å². The zero-order valence-electron chi connectivity index (χ0n) is 16.5. The molecular weight excluding hydrogens is 372 g/mol. The van der Waals surface area contributed by atoms with Gasteiger partial charge in [-0.15, -0.1) is 0 Å². The third-order valence-corrected chi connectivity index (χ3v) is 4.59. The molecule has 28 heavy (non-hydrogen) atoms. The number of hydrazone groups is 1. The fourth-order valence-electron chi connectivity index (χ4n) is 2.73. The minimum Gasteiger partial charge on any atom is -0.489 e. The largest absolute Gasteiger partial charge is 0.489 e. The Morgan fingerprint density at radius 3 is 2.61 bits per heavy atom. The summed E-state index contributed by atoms with van der Waals surface area (Å²) >= 11 is 5.89. The fraction of sp³-hybridized carbons (Fsp3) is 0.391. The second-order valence-corrected chi connectivity index (χ2v) is 7.24. The normalized spacial score (nSPS) is 10.9. The molecule has 0 saturated heterocycles. The molecule has 5 heteroatoms. The zero-order valence-corrected chi connectivity index (χ0v) is 17.3. The van der Waals surface area contributed by atoms with Crippen molar-refractivity contribution in [2.45, 2.75) is 58.5 Å². The Kier molecular flexibility index (Phi) is 10.2. The topological polar surface area (TPSA) is 50.7 Å². The van der Waals surface area contributed by atoms with Crippen molar-refractivity contribution in [2.75, 3.05) is 0 Å². The SMILES string of the molecule is CCCCCCCCC(=O)N/N=C/c1cccc(OCc2ccc(Cl)cc2)c1. The first-order chi connectivity index (χ1) is 13.7. The van der Waals surface area contributed by atoms with E-state index in [9.17, 15) is 4.79 Å². The second-order valence-electron chi connectivity index (χ2n) is 6.80. The lowest BCUT2D eigenvalue weighted by Crippen LogP contribution is -2.16. The maximum Gasteiger partial charge on any atom is 0.240 e. The highest BCUT2D eigenvalue weighted by Crippen LogP contribution is 2.16. The van der Waals surface area contributed by atoms with Crippen molar-refractivity contribution in [3.63, 3.8) is 0 Å². The number of nitrogens with zero attached hydrogens (tertiary/aromatic N) is 1. The monoisotopic (exact) mass is 400 g/mol. The molecule has 0 aromatic heterocycles. The molecule has 0 aliphatic carbocycles. The molecule has 1 N–H and O–H groups in total. The van der Waals surface area contributed by atoms with E-state index in [0.717, 1.165) is 29.7 Å². The highest BCUT2D eigenvalue weighted by atomic mass is 35.5. The molecule has 4 nitrogen and oxygen atoms in total. The number of hydrogen-bond acceptors (Lipinski definition) is 3. The average Bonchev–Trinajstić information content (AvgIpc) is 2.70. The van der Waals surface area contributed by atoms with Gasteiger partial charge >= 0.3 is 0 Å². The minimum atomic E-state index is -0.0399. The van der Waals surface area contributed by atoms with Crippen molar-refractivity contribution in [3.05, 3.63) is 64.7 Å². The van der Waals surface area contributed by atoms with E-state index in [0.29, 0.717) is 18.1 Å². The van der Waals surface area contributed by atoms with E-state index in [1.54, 1.807) is 6.21 Å². The van der Waals surface area contributed by atoms with Crippen LogP contribution in [0.2, 0.25) is 5.02 Å². The van der Waals surface area contributed by atoms with Gasteiger partial charge in [0.05, 0.1) is 6.21 Å². The summed E-state index contributed by atoms with van der Waals surface area (Å²) < 4.78 is 5.80. The van der Waals surface area contributed by atoms with Crippen LogP contribution < -0.4 is 10.2 Å². The Labute approximate surface area is 172 Å². The molecule has 2 aromatic rings. The summed E-state index contributed by atoms with van der Waals surface area (Å²) in [6.07, 6.45) is 9.15. The molecule has 0 aliphatic heterocycles. The van der Waals surface area contributed by atoms with Gasteiger partial charge in [-0.1, -0.05) is 74.9 Å². The van der Waals surface area contributed by atoms with Gasteiger partial charge in [-0.25, -0.2) is 5.43 Å². The van der Waals surface area contributed by atoms with Crippen molar-refractivity contribution in [3.8, 4) is 5.75 Å². The average molecular weight is 401 g/mol. The summed E-state index contributed by atoms with van der Waals surface area (Å²) in [5.74, 6) is 0.708. The lowest BCUT2D eigenvalue weighted by atomic mass is 10.1. The van der Waals surface area contributed by atoms with Crippen LogP contribution in [0.4, 0.5) is 0 Å². The first-order valence-electron chi connectivity index (χ1n) is 9.96. The maximum absolute atomic E-state index is 11.8. The quantitative estimate of drug-likeness (QED) is 0.265. The summed E-state index contributed by atoms with van der Waals surface area (Å²) in [6.45, 7) is 2.67. The zero-order chi connectivity index (χ0) is 20.0. The van der Waals surface area contributed by atoms with Gasteiger partial charge < -0.3 is 4.74 Å². The summed E-state index contributed by atoms with van der Waals surface area (Å²) in [5.41, 5.74) is 4.51. The maximum atomic E-state index is 11.8. The smallest absolute Gasteiger partial charge is 0.240 e. The summed E-state index contributed by atoms with van der Waals surface area (Å²) in [5, 5.41) is 4.75. The van der Waals surface area contributed by atoms with Crippen molar-refractivity contribution < 1.29 is 9.53 Å². The number of rotatable bonds is 12. The lowest BCUT2D eigenvalue weighted by Gasteiger charge is -2.07. The summed E-state index contributed by atoms with van der Waals surface area (Å²) in [6, 6.07) is 15.2. The Hall–Kier alpha value is -2.33. The highest BCUT2D eigenvalue weighted by Gasteiger charge is 2.00. The van der Waals surface area contributed by atoms with E-state index < -0.39 is 0 Å². The van der Waals surface area contributed by atoms with E-state index in [2.05, 4.69) is 17.5 Å². The number of unbranched alkanes of at least 4 members (excludes halogenated alkanes) is 5. The summed E-state index contributed by atoms with van der Waals surface area (Å²) in [4.78, 5) is 11.8. The van der Waals surface area contributed by atoms with Crippen molar-refractivity contribution >= 4 is 23.7 Å². The van der Waals surface area contributed by atoms with Crippen LogP contribution >= 0.6 is 11.6 Å². The van der Waals surface area contributed by atoms with Gasteiger partial charge in [0, 0.05) is 11.4 Å². The van der Waals surface area contributed by atoms with Crippen LogP contribution in [0.5, 0.6) is 5.75 Å². The van der Waals surface area contributed by atoms with Crippen LogP contribution in [-0.2, 0) is 11.4 Å². The lowest BCUT2D eigenvalue weighted by molar-refractivity contribution is -0.121. The Morgan fingerprint density at radius 2 is 1.82 bits per heavy atom. The van der Waals surface area contributed by atoms with Crippen molar-refractivity contribution in [1.29, 1.82) is 0 Å². The van der Waals surface area contributed by atoms with Gasteiger partial charge in [-0.2, -0.15) is 5.10 Å². The van der Waals surface area contributed by atoms with E-state index >= 15 is 0 Å². The van der Waals surface area contributed by atoms with Crippen LogP contribution in [0.1, 0.15) is 63.0 Å². The molecule has 0 aliphatic rings. The first kappa shape index (κ1) is 22.0. The van der Waals surface area contributed by atoms with E-state index in [4.69, 9.17) is 16.3 Å². The fourth-order valence-corrected chi connectivity index (χ4v) is 2.86. The Balaban J connectivity index is 1.71. The van der Waals surface area contributed by atoms with Gasteiger partial charge in [0.2, 0.25) is 5.91 Å². The standard InChI is InChI=1S/C23H29ClN2O2/c1-2-3-4-5-6-7-11-23(27)26-25-17-20-9-8-10-22(16-20)28-18-19-12-14-21(24)15-13-19/h8-10,12-17H,2-7,11,18H2,1H3,(H,26,27)/b25-17+. The van der Waals surface area contributed by atoms with E-state index in [1.165, 1.54) is 25.7 Å². The molecule has 0 unspecified atom stereocenters. The van der Waals surface area contributed by atoms with Gasteiger partial charge in [0.15, 0.2) is 0 Å². The number of ether oxygens (including phenoxy) is 1. The molecule has 0 heterocycles. The molecule has 0 bridgehead atoms. The number of carbonyl (C=O) groups excluding carboxylic acids is 1. The van der Waals surface area contributed by atoms with Gasteiger partial charge in [0.25, 0.3) is 0 Å². The molecule has 0 atom stereocenters. The predicted octanol–water partition coefficient (Wildman–Crippen LogP) is 6.12. The number of carbonyl (C=O) groups is 1. The van der Waals surface area contributed by atoms with Crippen LogP contribution in [0, 0.1) is 0 Å². The number of halogens is 1. The number of nitrogens with one attached hydrogen (secondary N) is 1. The summed E-state index contributed by atoms with van der Waals surface area (Å²) in [7, 11) is 0. The molecule has 2 aromatic carbocycles. The molecule has 150 valence electrons. The number of benzene rings is 2. The molecule has 2 rings (SSSR count). The Morgan fingerprint density at radius 1 is 1.07 bits per heavy atom. The Bertz CT molecular complexity index is 745. The molecular formula is C23H29ClN2O2. The minimum absolute atomic E-state index is 0.0399. The second kappa shape index (κ2) is 12.9.